The van der Waals surface area contributed by atoms with E-state index in [9.17, 15) is 0 Å². The van der Waals surface area contributed by atoms with Crippen LogP contribution in [0.15, 0.2) is 73.4 Å². The van der Waals surface area contributed by atoms with Crippen LogP contribution >= 0.6 is 9.24 Å². The molecule has 0 saturated heterocycles. The van der Waals surface area contributed by atoms with E-state index >= 15 is 0 Å². The van der Waals surface area contributed by atoms with E-state index in [1.807, 2.05) is 76.3 Å². The van der Waals surface area contributed by atoms with E-state index < -0.39 is 0 Å². The smallest absolute Gasteiger partial charge is 0.0515 e. The van der Waals surface area contributed by atoms with Gasteiger partial charge in [0.05, 0.1) is 6.10 Å². The zero-order chi connectivity index (χ0) is 21.8. The predicted octanol–water partition coefficient (Wildman–Crippen LogP) is 6.89. The summed E-state index contributed by atoms with van der Waals surface area (Å²) in [7, 11) is 4.39. The lowest BCUT2D eigenvalue weighted by molar-refractivity contribution is 0.134. The van der Waals surface area contributed by atoms with Crippen molar-refractivity contribution in [3.8, 4) is 0 Å². The number of ether oxygens (including phenoxy) is 1. The molecule has 0 aliphatic heterocycles. The number of hydrogen-bond donors (Lipinski definition) is 1. The van der Waals surface area contributed by atoms with E-state index in [0.717, 1.165) is 12.1 Å². The molecule has 0 amide bonds. The molecule has 2 unspecified atom stereocenters. The van der Waals surface area contributed by atoms with E-state index in [1.165, 1.54) is 11.1 Å². The van der Waals surface area contributed by atoms with Crippen LogP contribution in [-0.4, -0.2) is 25.5 Å². The zero-order valence-corrected chi connectivity index (χ0v) is 19.8. The van der Waals surface area contributed by atoms with Crippen LogP contribution < -0.4 is 5.32 Å². The van der Waals surface area contributed by atoms with Crippen LogP contribution in [0.5, 0.6) is 0 Å². The number of benzene rings is 1. The first kappa shape index (κ1) is 28.5. The molecule has 28 heavy (non-hydrogen) atoms. The van der Waals surface area contributed by atoms with Crippen LogP contribution in [0.2, 0.25) is 0 Å². The summed E-state index contributed by atoms with van der Waals surface area (Å²) in [6.45, 7) is 18.6. The fraction of sp³-hybridized carbons (Fsp3) is 0.360. The second kappa shape index (κ2) is 20.0. The van der Waals surface area contributed by atoms with Gasteiger partial charge in [-0.1, -0.05) is 80.0 Å². The number of nitrogens with one attached hydrogen (secondary N) is 1. The van der Waals surface area contributed by atoms with E-state index in [1.54, 1.807) is 7.11 Å². The normalized spacial score (nSPS) is 11.9. The third-order valence-corrected chi connectivity index (χ3v) is 3.56. The molecule has 3 heteroatoms. The van der Waals surface area contributed by atoms with Crippen molar-refractivity contribution in [3.05, 3.63) is 84.5 Å². The minimum Gasteiger partial charge on any atom is -0.382 e. The third kappa shape index (κ3) is 19.0. The highest BCUT2D eigenvalue weighted by atomic mass is 31.0. The molecule has 0 aromatic heterocycles. The van der Waals surface area contributed by atoms with Crippen LogP contribution in [-0.2, 0) is 4.74 Å². The van der Waals surface area contributed by atoms with Crippen LogP contribution in [0.4, 0.5) is 0 Å². The lowest BCUT2D eigenvalue weighted by atomic mass is 10.1. The lowest BCUT2D eigenvalue weighted by Gasteiger charge is -2.06. The first-order valence-corrected chi connectivity index (χ1v) is 10.3. The Hall–Kier alpha value is -1.73. The highest BCUT2D eigenvalue weighted by Crippen LogP contribution is 2.11. The van der Waals surface area contributed by atoms with Crippen molar-refractivity contribution in [2.24, 2.45) is 0 Å². The summed E-state index contributed by atoms with van der Waals surface area (Å²) in [4.78, 5) is 0. The average molecular weight is 402 g/mol. The summed E-state index contributed by atoms with van der Waals surface area (Å²) in [5.41, 5.74) is 3.51. The van der Waals surface area contributed by atoms with Gasteiger partial charge in [0, 0.05) is 19.4 Å². The molecule has 0 fully saturated rings. The van der Waals surface area contributed by atoms with Crippen LogP contribution in [0.3, 0.4) is 0 Å². The van der Waals surface area contributed by atoms with Crippen LogP contribution in [0.25, 0.3) is 12.2 Å². The standard InChI is InChI=1S/C11H12.C10H18NP.C4H10O/c1-3-7-11-9-6-5-8-10(11)4-2;1-4-5-6-7-9(2)8-11-10(3)12;1-4(2)5-3/h3-9H,2H2,1H3;4-7,10-11H,2,8,12H2,1,3H3;4H,1-3H3/b7-3-;5-4-,7-6-;. The molecule has 1 rings (SSSR count). The fourth-order valence-corrected chi connectivity index (χ4v) is 1.80. The van der Waals surface area contributed by atoms with Gasteiger partial charge in [0.2, 0.25) is 0 Å². The maximum absolute atomic E-state index is 4.75. The maximum Gasteiger partial charge on any atom is 0.0515 e. The van der Waals surface area contributed by atoms with Crippen LogP contribution in [0.1, 0.15) is 45.7 Å². The molecule has 0 aliphatic rings. The molecule has 2 nitrogen and oxygen atoms in total. The summed E-state index contributed by atoms with van der Waals surface area (Å²) < 4.78 is 4.75. The average Bonchev–Trinajstić information content (AvgIpc) is 2.68. The van der Waals surface area contributed by atoms with E-state index in [-0.39, 0.29) is 0 Å². The highest BCUT2D eigenvalue weighted by molar-refractivity contribution is 7.17. The van der Waals surface area contributed by atoms with Gasteiger partial charge in [-0.15, -0.1) is 9.24 Å². The monoisotopic (exact) mass is 401 g/mol. The Morgan fingerprint density at radius 2 is 1.68 bits per heavy atom. The Labute approximate surface area is 176 Å². The summed E-state index contributed by atoms with van der Waals surface area (Å²) in [6, 6.07) is 8.19. The Balaban J connectivity index is 0. The number of allylic oxidation sites excluding steroid dienone is 4. The second-order valence-corrected chi connectivity index (χ2v) is 7.33. The quantitative estimate of drug-likeness (QED) is 0.378. The minimum absolute atomic E-state index is 0.384. The van der Waals surface area contributed by atoms with E-state index in [2.05, 4.69) is 52.8 Å². The van der Waals surface area contributed by atoms with Crippen molar-refractivity contribution < 1.29 is 4.74 Å². The number of rotatable bonds is 8. The number of methoxy groups -OCH3 is 1. The summed E-state index contributed by atoms with van der Waals surface area (Å²) in [5.74, 6) is 0.442. The Bertz CT molecular complexity index is 613. The van der Waals surface area contributed by atoms with Crippen LogP contribution in [0, 0.1) is 0 Å². The second-order valence-electron chi connectivity index (χ2n) is 6.33. The first-order valence-electron chi connectivity index (χ1n) is 9.65. The van der Waals surface area contributed by atoms with Gasteiger partial charge >= 0.3 is 0 Å². The molecular weight excluding hydrogens is 361 g/mol. The largest absolute Gasteiger partial charge is 0.382 e. The summed E-state index contributed by atoms with van der Waals surface area (Å²) in [6.07, 6.45) is 14.4. The van der Waals surface area contributed by atoms with Gasteiger partial charge in [-0.05, 0) is 51.3 Å². The van der Waals surface area contributed by atoms with E-state index in [4.69, 9.17) is 4.74 Å². The Morgan fingerprint density at radius 1 is 1.11 bits per heavy atom. The molecule has 0 radical (unpaired) electrons. The molecule has 0 heterocycles. The molecule has 0 bridgehead atoms. The molecular formula is C25H40NOP. The SMILES string of the molecule is C=C(/C=C\C=C/C)CNC(C)P.C=Cc1ccccc1/C=C\C.COC(C)C. The van der Waals surface area contributed by atoms with Gasteiger partial charge in [0.1, 0.15) is 0 Å². The molecule has 0 saturated carbocycles. The van der Waals surface area contributed by atoms with E-state index in [0.29, 0.717) is 11.9 Å². The summed E-state index contributed by atoms with van der Waals surface area (Å²) in [5, 5.41) is 3.26. The van der Waals surface area contributed by atoms with Crippen molar-refractivity contribution in [1.29, 1.82) is 0 Å². The van der Waals surface area contributed by atoms with Crippen molar-refractivity contribution in [1.82, 2.24) is 5.32 Å². The highest BCUT2D eigenvalue weighted by Gasteiger charge is 1.91. The molecule has 2 atom stereocenters. The van der Waals surface area contributed by atoms with Crippen molar-refractivity contribution in [2.45, 2.75) is 46.5 Å². The van der Waals surface area contributed by atoms with Crippen molar-refractivity contribution in [3.63, 3.8) is 0 Å². The summed E-state index contributed by atoms with van der Waals surface area (Å²) >= 11 is 0. The molecule has 0 aliphatic carbocycles. The molecule has 1 N–H and O–H groups in total. The molecule has 1 aromatic carbocycles. The third-order valence-electron chi connectivity index (χ3n) is 3.32. The number of hydrogen-bond acceptors (Lipinski definition) is 2. The topological polar surface area (TPSA) is 21.3 Å². The maximum atomic E-state index is 4.75. The van der Waals surface area contributed by atoms with Gasteiger partial charge in [0.25, 0.3) is 0 Å². The fourth-order valence-electron chi connectivity index (χ4n) is 1.68. The zero-order valence-electron chi connectivity index (χ0n) is 18.6. The van der Waals surface area contributed by atoms with Gasteiger partial charge in [-0.2, -0.15) is 0 Å². The molecule has 0 spiro atoms. The van der Waals surface area contributed by atoms with Crippen molar-refractivity contribution in [2.75, 3.05) is 13.7 Å². The lowest BCUT2D eigenvalue weighted by Crippen LogP contribution is -2.21. The molecule has 156 valence electrons. The first-order chi connectivity index (χ1) is 13.3. The predicted molar refractivity (Wildman–Crippen MR) is 134 cm³/mol. The van der Waals surface area contributed by atoms with Gasteiger partial charge in [-0.25, -0.2) is 0 Å². The van der Waals surface area contributed by atoms with Gasteiger partial charge < -0.3 is 10.1 Å². The van der Waals surface area contributed by atoms with Gasteiger partial charge in [-0.3, -0.25) is 0 Å². The Morgan fingerprint density at radius 3 is 2.11 bits per heavy atom. The molecule has 1 aromatic rings. The Kier molecular flexibility index (Phi) is 20.4. The van der Waals surface area contributed by atoms with Gasteiger partial charge in [0.15, 0.2) is 0 Å². The minimum atomic E-state index is 0.384. The van der Waals surface area contributed by atoms with Crippen molar-refractivity contribution >= 4 is 21.4 Å².